The summed E-state index contributed by atoms with van der Waals surface area (Å²) in [5, 5.41) is 3.73. The van der Waals surface area contributed by atoms with Crippen LogP contribution in [-0.4, -0.2) is 9.78 Å². The zero-order valence-corrected chi connectivity index (χ0v) is 9.60. The summed E-state index contributed by atoms with van der Waals surface area (Å²) in [6, 6.07) is -0.0337. The predicted octanol–water partition coefficient (Wildman–Crippen LogP) is 3.67. The van der Waals surface area contributed by atoms with Crippen molar-refractivity contribution in [3.63, 3.8) is 0 Å². The van der Waals surface area contributed by atoms with Gasteiger partial charge in [-0.25, -0.2) is 0 Å². The molecule has 1 aliphatic rings. The fourth-order valence-electron chi connectivity index (χ4n) is 2.10. The number of alkyl halides is 3. The molecular formula is C11H15F3N2. The summed E-state index contributed by atoms with van der Waals surface area (Å²) in [7, 11) is 0. The molecule has 1 saturated carbocycles. The van der Waals surface area contributed by atoms with Gasteiger partial charge in [0.15, 0.2) is 5.69 Å². The Kier molecular flexibility index (Phi) is 2.51. The first-order valence-electron chi connectivity index (χ1n) is 5.48. The highest BCUT2D eigenvalue weighted by atomic mass is 19.4. The quantitative estimate of drug-likeness (QED) is 0.760. The lowest BCUT2D eigenvalue weighted by Gasteiger charge is -2.08. The van der Waals surface area contributed by atoms with Gasteiger partial charge in [0, 0.05) is 17.3 Å². The van der Waals surface area contributed by atoms with Crippen molar-refractivity contribution in [2.75, 3.05) is 0 Å². The summed E-state index contributed by atoms with van der Waals surface area (Å²) >= 11 is 0. The van der Waals surface area contributed by atoms with Crippen molar-refractivity contribution < 1.29 is 13.2 Å². The van der Waals surface area contributed by atoms with Crippen molar-refractivity contribution in [3.05, 3.63) is 17.0 Å². The van der Waals surface area contributed by atoms with E-state index in [1.165, 1.54) is 4.68 Å². The van der Waals surface area contributed by atoms with E-state index in [-0.39, 0.29) is 12.0 Å². The Hall–Kier alpha value is -1.00. The van der Waals surface area contributed by atoms with Gasteiger partial charge < -0.3 is 0 Å². The van der Waals surface area contributed by atoms with Gasteiger partial charge >= 0.3 is 6.18 Å². The van der Waals surface area contributed by atoms with Crippen molar-refractivity contribution in [3.8, 4) is 0 Å². The number of aromatic nitrogens is 2. The maximum absolute atomic E-state index is 12.8. The van der Waals surface area contributed by atoms with Gasteiger partial charge in [-0.05, 0) is 39.5 Å². The first-order chi connectivity index (χ1) is 7.32. The van der Waals surface area contributed by atoms with E-state index in [1.807, 2.05) is 13.8 Å². The third-order valence-electron chi connectivity index (χ3n) is 2.94. The van der Waals surface area contributed by atoms with E-state index in [1.54, 1.807) is 6.92 Å². The molecule has 5 heteroatoms. The van der Waals surface area contributed by atoms with Crippen LogP contribution in [-0.2, 0) is 6.18 Å². The van der Waals surface area contributed by atoms with Crippen LogP contribution in [0.1, 0.15) is 55.6 Å². The second kappa shape index (κ2) is 3.50. The molecule has 0 unspecified atom stereocenters. The number of hydrogen-bond acceptors (Lipinski definition) is 1. The van der Waals surface area contributed by atoms with Gasteiger partial charge in [-0.1, -0.05) is 0 Å². The summed E-state index contributed by atoms with van der Waals surface area (Å²) in [6.07, 6.45) is -2.62. The van der Waals surface area contributed by atoms with Crippen LogP contribution in [0.2, 0.25) is 0 Å². The molecule has 0 spiro atoms. The van der Waals surface area contributed by atoms with Crippen molar-refractivity contribution in [1.29, 1.82) is 0 Å². The minimum atomic E-state index is -4.33. The molecule has 1 aliphatic carbocycles. The third-order valence-corrected chi connectivity index (χ3v) is 2.94. The van der Waals surface area contributed by atoms with E-state index in [0.717, 1.165) is 12.8 Å². The number of rotatable bonds is 2. The van der Waals surface area contributed by atoms with Crippen LogP contribution in [0, 0.1) is 6.92 Å². The lowest BCUT2D eigenvalue weighted by Crippen LogP contribution is -2.10. The summed E-state index contributed by atoms with van der Waals surface area (Å²) < 4.78 is 39.9. The second-order valence-corrected chi connectivity index (χ2v) is 4.66. The fourth-order valence-corrected chi connectivity index (χ4v) is 2.10. The van der Waals surface area contributed by atoms with Gasteiger partial charge in [0.05, 0.1) is 0 Å². The lowest BCUT2D eigenvalue weighted by molar-refractivity contribution is -0.142. The molecule has 1 heterocycles. The first kappa shape index (κ1) is 11.5. The maximum Gasteiger partial charge on any atom is 0.435 e. The highest BCUT2D eigenvalue weighted by molar-refractivity contribution is 5.34. The van der Waals surface area contributed by atoms with Crippen molar-refractivity contribution in [1.82, 2.24) is 9.78 Å². The Bertz CT molecular complexity index is 400. The van der Waals surface area contributed by atoms with E-state index in [2.05, 4.69) is 5.10 Å². The van der Waals surface area contributed by atoms with Gasteiger partial charge in [0.25, 0.3) is 0 Å². The topological polar surface area (TPSA) is 17.8 Å². The average molecular weight is 232 g/mol. The van der Waals surface area contributed by atoms with Crippen LogP contribution in [0.3, 0.4) is 0 Å². The zero-order chi connectivity index (χ0) is 12.1. The minimum Gasteiger partial charge on any atom is -0.266 e. The van der Waals surface area contributed by atoms with E-state index in [0.29, 0.717) is 11.3 Å². The van der Waals surface area contributed by atoms with Crippen LogP contribution in [0.15, 0.2) is 0 Å². The number of halogens is 3. The molecule has 0 radical (unpaired) electrons. The van der Waals surface area contributed by atoms with Gasteiger partial charge in [0.1, 0.15) is 0 Å². The van der Waals surface area contributed by atoms with Gasteiger partial charge in [-0.3, -0.25) is 4.68 Å². The standard InChI is InChI=1S/C11H15F3N2/c1-6(2)16-7(3)9(8-4-5-8)10(15-16)11(12,13)14/h6,8H,4-5H2,1-3H3. The predicted molar refractivity (Wildman–Crippen MR) is 54.3 cm³/mol. The van der Waals surface area contributed by atoms with E-state index >= 15 is 0 Å². The molecule has 0 amide bonds. The molecule has 1 aromatic rings. The summed E-state index contributed by atoms with van der Waals surface area (Å²) in [5.41, 5.74) is 0.409. The fraction of sp³-hybridized carbons (Fsp3) is 0.727. The molecular weight excluding hydrogens is 217 g/mol. The largest absolute Gasteiger partial charge is 0.435 e. The molecule has 0 N–H and O–H groups in total. The molecule has 0 aliphatic heterocycles. The van der Waals surface area contributed by atoms with Crippen LogP contribution < -0.4 is 0 Å². The summed E-state index contributed by atoms with van der Waals surface area (Å²) in [5.74, 6) is 0.0733. The van der Waals surface area contributed by atoms with Gasteiger partial charge in [-0.2, -0.15) is 18.3 Å². The SMILES string of the molecule is Cc1c(C2CC2)c(C(F)(F)F)nn1C(C)C. The Balaban J connectivity index is 2.54. The van der Waals surface area contributed by atoms with E-state index in [4.69, 9.17) is 0 Å². The minimum absolute atomic E-state index is 0.0337. The Morgan fingerprint density at radius 2 is 1.88 bits per heavy atom. The second-order valence-electron chi connectivity index (χ2n) is 4.66. The Morgan fingerprint density at radius 1 is 1.31 bits per heavy atom. The highest BCUT2D eigenvalue weighted by Crippen LogP contribution is 2.47. The number of nitrogens with zero attached hydrogens (tertiary/aromatic N) is 2. The molecule has 0 atom stereocenters. The summed E-state index contributed by atoms with van der Waals surface area (Å²) in [6.45, 7) is 5.42. The third kappa shape index (κ3) is 1.83. The lowest BCUT2D eigenvalue weighted by atomic mass is 10.1. The average Bonchev–Trinajstić information content (AvgIpc) is 2.87. The molecule has 16 heavy (non-hydrogen) atoms. The molecule has 90 valence electrons. The highest BCUT2D eigenvalue weighted by Gasteiger charge is 2.43. The van der Waals surface area contributed by atoms with Gasteiger partial charge in [-0.15, -0.1) is 0 Å². The molecule has 2 rings (SSSR count). The van der Waals surface area contributed by atoms with Crippen LogP contribution in [0.5, 0.6) is 0 Å². The Morgan fingerprint density at radius 3 is 2.25 bits per heavy atom. The van der Waals surface area contributed by atoms with E-state index in [9.17, 15) is 13.2 Å². The van der Waals surface area contributed by atoms with Crippen molar-refractivity contribution >= 4 is 0 Å². The normalized spacial score (nSPS) is 17.2. The Labute approximate surface area is 92.4 Å². The van der Waals surface area contributed by atoms with Crippen LogP contribution in [0.4, 0.5) is 13.2 Å². The molecule has 2 nitrogen and oxygen atoms in total. The zero-order valence-electron chi connectivity index (χ0n) is 9.60. The first-order valence-corrected chi connectivity index (χ1v) is 5.48. The smallest absolute Gasteiger partial charge is 0.266 e. The maximum atomic E-state index is 12.8. The van der Waals surface area contributed by atoms with Crippen LogP contribution >= 0.6 is 0 Å². The molecule has 0 saturated heterocycles. The molecule has 1 fully saturated rings. The van der Waals surface area contributed by atoms with Crippen LogP contribution in [0.25, 0.3) is 0 Å². The molecule has 1 aromatic heterocycles. The molecule has 0 aromatic carbocycles. The summed E-state index contributed by atoms with van der Waals surface area (Å²) in [4.78, 5) is 0. The monoisotopic (exact) mass is 232 g/mol. The number of hydrogen-bond donors (Lipinski definition) is 0. The van der Waals surface area contributed by atoms with E-state index < -0.39 is 11.9 Å². The molecule has 0 bridgehead atoms. The van der Waals surface area contributed by atoms with Gasteiger partial charge in [0.2, 0.25) is 0 Å². The van der Waals surface area contributed by atoms with Crippen molar-refractivity contribution in [2.45, 2.75) is 51.7 Å². The van der Waals surface area contributed by atoms with Crippen molar-refractivity contribution in [2.24, 2.45) is 0 Å².